The second kappa shape index (κ2) is 4.21. The predicted octanol–water partition coefficient (Wildman–Crippen LogP) is 1.23. The van der Waals surface area contributed by atoms with E-state index in [4.69, 9.17) is 4.74 Å². The van der Waals surface area contributed by atoms with E-state index in [1.54, 1.807) is 0 Å². The Kier molecular flexibility index (Phi) is 2.96. The minimum atomic E-state index is -0.291. The van der Waals surface area contributed by atoms with Gasteiger partial charge in [0.2, 0.25) is 5.78 Å². The van der Waals surface area contributed by atoms with E-state index in [0.717, 1.165) is 17.0 Å². The number of ketones is 1. The summed E-state index contributed by atoms with van der Waals surface area (Å²) in [7, 11) is 0. The Hall–Kier alpha value is -0.710. The van der Waals surface area contributed by atoms with Crippen LogP contribution in [-0.2, 0) is 4.74 Å². The van der Waals surface area contributed by atoms with E-state index in [1.807, 2.05) is 18.4 Å². The molecule has 4 heteroatoms. The summed E-state index contributed by atoms with van der Waals surface area (Å²) in [5, 5.41) is 5.10. The maximum atomic E-state index is 11.9. The van der Waals surface area contributed by atoms with Crippen LogP contribution in [0.25, 0.3) is 0 Å². The van der Waals surface area contributed by atoms with Crippen LogP contribution < -0.4 is 5.32 Å². The van der Waals surface area contributed by atoms with Gasteiger partial charge in [-0.25, -0.2) is 0 Å². The monoisotopic (exact) mass is 211 g/mol. The molecule has 0 bridgehead atoms. The molecular weight excluding hydrogens is 198 g/mol. The summed E-state index contributed by atoms with van der Waals surface area (Å²) in [4.78, 5) is 12.8. The van der Waals surface area contributed by atoms with Crippen LogP contribution in [0.15, 0.2) is 11.4 Å². The molecule has 0 radical (unpaired) electrons. The van der Waals surface area contributed by atoms with Gasteiger partial charge in [0.25, 0.3) is 0 Å². The number of nitrogens with one attached hydrogen (secondary N) is 1. The highest BCUT2D eigenvalue weighted by Gasteiger charge is 2.24. The van der Waals surface area contributed by atoms with Gasteiger partial charge in [-0.2, -0.15) is 0 Å². The molecule has 1 saturated heterocycles. The summed E-state index contributed by atoms with van der Waals surface area (Å²) in [6, 6.07) is 1.97. The van der Waals surface area contributed by atoms with Crippen LogP contribution >= 0.6 is 11.3 Å². The van der Waals surface area contributed by atoms with Gasteiger partial charge in [-0.05, 0) is 23.9 Å². The van der Waals surface area contributed by atoms with Gasteiger partial charge >= 0.3 is 0 Å². The number of hydrogen-bond donors (Lipinski definition) is 1. The molecule has 1 fully saturated rings. The highest BCUT2D eigenvalue weighted by atomic mass is 32.1. The molecule has 0 aromatic carbocycles. The third-order valence-corrected chi connectivity index (χ3v) is 3.34. The molecule has 14 heavy (non-hydrogen) atoms. The molecule has 1 aliphatic heterocycles. The molecule has 1 N–H and O–H groups in total. The maximum absolute atomic E-state index is 11.9. The van der Waals surface area contributed by atoms with Crippen molar-refractivity contribution in [2.75, 3.05) is 19.7 Å². The van der Waals surface area contributed by atoms with Crippen LogP contribution in [0.4, 0.5) is 0 Å². The van der Waals surface area contributed by atoms with Gasteiger partial charge in [-0.1, -0.05) is 0 Å². The van der Waals surface area contributed by atoms with Crippen LogP contribution in [0.2, 0.25) is 0 Å². The number of ether oxygens (including phenoxy) is 1. The highest BCUT2D eigenvalue weighted by Crippen LogP contribution is 2.18. The SMILES string of the molecule is Cc1ccsc1C(=O)C1CNCCO1. The van der Waals surface area contributed by atoms with E-state index < -0.39 is 0 Å². The van der Waals surface area contributed by atoms with Crippen LogP contribution in [0.5, 0.6) is 0 Å². The van der Waals surface area contributed by atoms with Gasteiger partial charge in [0.1, 0.15) is 6.10 Å². The minimum absolute atomic E-state index is 0.115. The van der Waals surface area contributed by atoms with Crippen molar-refractivity contribution in [3.05, 3.63) is 21.9 Å². The topological polar surface area (TPSA) is 38.3 Å². The lowest BCUT2D eigenvalue weighted by atomic mass is 10.1. The van der Waals surface area contributed by atoms with Crippen molar-refractivity contribution in [2.45, 2.75) is 13.0 Å². The summed E-state index contributed by atoms with van der Waals surface area (Å²) in [5.74, 6) is 0.115. The molecule has 2 rings (SSSR count). The van der Waals surface area contributed by atoms with Crippen molar-refractivity contribution >= 4 is 17.1 Å². The van der Waals surface area contributed by atoms with Crippen molar-refractivity contribution in [1.29, 1.82) is 0 Å². The third-order valence-electron chi connectivity index (χ3n) is 2.31. The van der Waals surface area contributed by atoms with E-state index in [-0.39, 0.29) is 11.9 Å². The molecule has 76 valence electrons. The largest absolute Gasteiger partial charge is 0.367 e. The zero-order valence-electron chi connectivity index (χ0n) is 8.08. The molecule has 0 saturated carbocycles. The smallest absolute Gasteiger partial charge is 0.203 e. The zero-order valence-corrected chi connectivity index (χ0v) is 8.89. The third kappa shape index (κ3) is 1.87. The van der Waals surface area contributed by atoms with Crippen molar-refractivity contribution < 1.29 is 9.53 Å². The lowest BCUT2D eigenvalue weighted by Gasteiger charge is -2.22. The summed E-state index contributed by atoms with van der Waals surface area (Å²) >= 11 is 1.49. The number of rotatable bonds is 2. The van der Waals surface area contributed by atoms with Gasteiger partial charge in [-0.15, -0.1) is 11.3 Å². The maximum Gasteiger partial charge on any atom is 0.203 e. The molecular formula is C10H13NO2S. The predicted molar refractivity (Wildman–Crippen MR) is 56.0 cm³/mol. The van der Waals surface area contributed by atoms with Crippen LogP contribution in [0.1, 0.15) is 15.2 Å². The number of carbonyl (C=O) groups is 1. The Morgan fingerprint density at radius 1 is 1.71 bits per heavy atom. The second-order valence-corrected chi connectivity index (χ2v) is 4.28. The van der Waals surface area contributed by atoms with Gasteiger partial charge in [0.05, 0.1) is 11.5 Å². The molecule has 0 spiro atoms. The van der Waals surface area contributed by atoms with Crippen molar-refractivity contribution in [1.82, 2.24) is 5.32 Å². The molecule has 0 aliphatic carbocycles. The first-order valence-electron chi connectivity index (χ1n) is 4.69. The molecule has 1 aliphatic rings. The first-order chi connectivity index (χ1) is 6.79. The van der Waals surface area contributed by atoms with E-state index in [0.29, 0.717) is 13.2 Å². The molecule has 1 atom stereocenters. The number of thiophene rings is 1. The minimum Gasteiger partial charge on any atom is -0.367 e. The van der Waals surface area contributed by atoms with E-state index in [2.05, 4.69) is 5.32 Å². The fourth-order valence-electron chi connectivity index (χ4n) is 1.51. The fourth-order valence-corrected chi connectivity index (χ4v) is 2.41. The van der Waals surface area contributed by atoms with Gasteiger partial charge < -0.3 is 10.1 Å². The summed E-state index contributed by atoms with van der Waals surface area (Å²) in [5.41, 5.74) is 1.05. The Bertz CT molecular complexity index is 329. The molecule has 2 heterocycles. The van der Waals surface area contributed by atoms with Crippen LogP contribution in [0, 0.1) is 6.92 Å². The molecule has 1 aromatic rings. The van der Waals surface area contributed by atoms with Gasteiger partial charge in [-0.3, -0.25) is 4.79 Å². The first-order valence-corrected chi connectivity index (χ1v) is 5.57. The van der Waals surface area contributed by atoms with Gasteiger partial charge in [0, 0.05) is 13.1 Å². The van der Waals surface area contributed by atoms with Crippen molar-refractivity contribution in [2.24, 2.45) is 0 Å². The Morgan fingerprint density at radius 3 is 3.14 bits per heavy atom. The number of morpholine rings is 1. The number of aryl methyl sites for hydroxylation is 1. The molecule has 3 nitrogen and oxygen atoms in total. The Morgan fingerprint density at radius 2 is 2.57 bits per heavy atom. The lowest BCUT2D eigenvalue weighted by Crippen LogP contribution is -2.43. The average Bonchev–Trinajstić information content (AvgIpc) is 2.65. The zero-order chi connectivity index (χ0) is 9.97. The number of Topliss-reactive ketones (excluding diaryl/α,β-unsaturated/α-hetero) is 1. The van der Waals surface area contributed by atoms with E-state index in [1.165, 1.54) is 11.3 Å². The summed E-state index contributed by atoms with van der Waals surface area (Å²) in [6.07, 6.45) is -0.291. The van der Waals surface area contributed by atoms with Crippen molar-refractivity contribution in [3.8, 4) is 0 Å². The second-order valence-electron chi connectivity index (χ2n) is 3.36. The average molecular weight is 211 g/mol. The highest BCUT2D eigenvalue weighted by molar-refractivity contribution is 7.12. The van der Waals surface area contributed by atoms with Crippen molar-refractivity contribution in [3.63, 3.8) is 0 Å². The lowest BCUT2D eigenvalue weighted by molar-refractivity contribution is 0.0272. The summed E-state index contributed by atoms with van der Waals surface area (Å²) < 4.78 is 5.41. The standard InChI is InChI=1S/C10H13NO2S/c1-7-2-5-14-10(7)9(12)8-6-11-3-4-13-8/h2,5,8,11H,3-4,6H2,1H3. The molecule has 1 aromatic heterocycles. The first kappa shape index (κ1) is 9.83. The van der Waals surface area contributed by atoms with Crippen LogP contribution in [-0.4, -0.2) is 31.6 Å². The Labute approximate surface area is 87.1 Å². The quantitative estimate of drug-likeness (QED) is 0.748. The molecule has 1 unspecified atom stereocenters. The number of hydrogen-bond acceptors (Lipinski definition) is 4. The fraction of sp³-hybridized carbons (Fsp3) is 0.500. The van der Waals surface area contributed by atoms with E-state index >= 15 is 0 Å². The Balaban J connectivity index is 2.11. The molecule has 0 amide bonds. The van der Waals surface area contributed by atoms with Crippen LogP contribution in [0.3, 0.4) is 0 Å². The van der Waals surface area contributed by atoms with Gasteiger partial charge in [0.15, 0.2) is 0 Å². The van der Waals surface area contributed by atoms with E-state index in [9.17, 15) is 4.79 Å². The normalized spacial score (nSPS) is 22.2. The number of carbonyl (C=O) groups excluding carboxylic acids is 1. The summed E-state index contributed by atoms with van der Waals surface area (Å²) in [6.45, 7) is 4.06.